The Labute approximate surface area is 221 Å². The number of para-hydroxylation sites is 2. The summed E-state index contributed by atoms with van der Waals surface area (Å²) in [6.07, 6.45) is 0. The van der Waals surface area contributed by atoms with Crippen molar-refractivity contribution in [2.45, 2.75) is 17.0 Å². The smallest absolute Gasteiger partial charge is 0.266 e. The minimum absolute atomic E-state index is 0.00207. The second-order valence-electron chi connectivity index (χ2n) is 8.18. The van der Waals surface area contributed by atoms with E-state index in [1.165, 1.54) is 34.9 Å². The predicted octanol–water partition coefficient (Wildman–Crippen LogP) is 4.21. The topological polar surface area (TPSA) is 136 Å². The largest absolute Gasteiger partial charge is 0.360 e. The van der Waals surface area contributed by atoms with Gasteiger partial charge in [0.25, 0.3) is 15.6 Å². The van der Waals surface area contributed by atoms with Crippen LogP contribution in [0.4, 0.5) is 11.5 Å². The number of fused-ring (bicyclic) bond motifs is 1. The van der Waals surface area contributed by atoms with Crippen molar-refractivity contribution >= 4 is 50.1 Å². The van der Waals surface area contributed by atoms with E-state index in [-0.39, 0.29) is 27.9 Å². The van der Waals surface area contributed by atoms with Crippen LogP contribution in [0.1, 0.15) is 5.76 Å². The van der Waals surface area contributed by atoms with E-state index in [1.54, 1.807) is 43.3 Å². The minimum Gasteiger partial charge on any atom is -0.360 e. The van der Waals surface area contributed by atoms with Gasteiger partial charge in [-0.05, 0) is 55.5 Å². The molecule has 0 radical (unpaired) electrons. The molecule has 0 unspecified atom stereocenters. The summed E-state index contributed by atoms with van der Waals surface area (Å²) < 4.78 is 33.8. The zero-order chi connectivity index (χ0) is 26.7. The molecule has 5 aromatic rings. The van der Waals surface area contributed by atoms with Gasteiger partial charge in [0.15, 0.2) is 11.0 Å². The Morgan fingerprint density at radius 3 is 2.42 bits per heavy atom. The van der Waals surface area contributed by atoms with Crippen LogP contribution in [0.2, 0.25) is 0 Å². The number of thioether (sulfide) groups is 1. The number of aryl methyl sites for hydroxylation is 1. The highest BCUT2D eigenvalue weighted by atomic mass is 32.2. The standard InChI is InChI=1S/C26H21N5O5S2/c1-17-15-23(29-36-17)30-38(34,35)20-13-11-18(12-14-20)27-24(32)16-37-26-28-22-10-6-5-9-21(22)25(33)31(26)19-7-3-2-4-8-19/h2-15H,16H2,1H3,(H,27,32)(H,29,30). The Morgan fingerprint density at radius 2 is 1.71 bits per heavy atom. The number of nitrogens with one attached hydrogen (secondary N) is 2. The van der Waals surface area contributed by atoms with Crippen molar-refractivity contribution in [1.29, 1.82) is 0 Å². The second kappa shape index (κ2) is 10.5. The molecular weight excluding hydrogens is 526 g/mol. The lowest BCUT2D eigenvalue weighted by Gasteiger charge is -2.13. The van der Waals surface area contributed by atoms with Gasteiger partial charge in [0.2, 0.25) is 5.91 Å². The maximum Gasteiger partial charge on any atom is 0.266 e. The highest BCUT2D eigenvalue weighted by Crippen LogP contribution is 2.22. The number of nitrogens with zero attached hydrogens (tertiary/aromatic N) is 3. The van der Waals surface area contributed by atoms with Gasteiger partial charge in [-0.3, -0.25) is 18.9 Å². The van der Waals surface area contributed by atoms with Crippen LogP contribution >= 0.6 is 11.8 Å². The maximum atomic E-state index is 13.3. The molecule has 10 nitrogen and oxygen atoms in total. The first-order valence-electron chi connectivity index (χ1n) is 11.4. The van der Waals surface area contributed by atoms with Crippen LogP contribution in [0.3, 0.4) is 0 Å². The van der Waals surface area contributed by atoms with Gasteiger partial charge in [0, 0.05) is 11.8 Å². The van der Waals surface area contributed by atoms with E-state index in [9.17, 15) is 18.0 Å². The number of carbonyl (C=O) groups excluding carboxylic acids is 1. The van der Waals surface area contributed by atoms with Gasteiger partial charge in [-0.1, -0.05) is 47.3 Å². The number of amides is 1. The first-order valence-corrected chi connectivity index (χ1v) is 13.8. The van der Waals surface area contributed by atoms with Crippen LogP contribution in [-0.2, 0) is 14.8 Å². The normalized spacial score (nSPS) is 11.4. The Kier molecular flexibility index (Phi) is 6.99. The van der Waals surface area contributed by atoms with Gasteiger partial charge in [0.1, 0.15) is 5.76 Å². The Hall–Kier alpha value is -4.42. The average molecular weight is 548 g/mol. The summed E-state index contributed by atoms with van der Waals surface area (Å²) in [5, 5.41) is 7.22. The van der Waals surface area contributed by atoms with Gasteiger partial charge >= 0.3 is 0 Å². The summed E-state index contributed by atoms with van der Waals surface area (Å²) in [4.78, 5) is 30.6. The molecule has 3 aromatic carbocycles. The molecule has 0 saturated carbocycles. The number of carbonyl (C=O) groups is 1. The monoisotopic (exact) mass is 547 g/mol. The van der Waals surface area contributed by atoms with Crippen molar-refractivity contribution in [1.82, 2.24) is 14.7 Å². The molecule has 0 spiro atoms. The third-order valence-corrected chi connectivity index (χ3v) is 7.72. The zero-order valence-electron chi connectivity index (χ0n) is 20.0. The number of hydrogen-bond donors (Lipinski definition) is 2. The average Bonchev–Trinajstić information content (AvgIpc) is 3.32. The fourth-order valence-corrected chi connectivity index (χ4v) is 5.47. The number of rotatable bonds is 8. The van der Waals surface area contributed by atoms with Gasteiger partial charge in [-0.15, -0.1) is 0 Å². The fourth-order valence-electron chi connectivity index (χ4n) is 3.67. The summed E-state index contributed by atoms with van der Waals surface area (Å²) >= 11 is 1.13. The molecule has 2 N–H and O–H groups in total. The summed E-state index contributed by atoms with van der Waals surface area (Å²) in [6.45, 7) is 1.65. The van der Waals surface area contributed by atoms with Crippen molar-refractivity contribution in [3.8, 4) is 5.69 Å². The van der Waals surface area contributed by atoms with Crippen molar-refractivity contribution in [2.24, 2.45) is 0 Å². The third-order valence-electron chi connectivity index (χ3n) is 5.41. The molecule has 0 saturated heterocycles. The number of hydrogen-bond acceptors (Lipinski definition) is 8. The molecule has 192 valence electrons. The Morgan fingerprint density at radius 1 is 1.00 bits per heavy atom. The molecule has 38 heavy (non-hydrogen) atoms. The van der Waals surface area contributed by atoms with Crippen molar-refractivity contribution in [3.63, 3.8) is 0 Å². The van der Waals surface area contributed by atoms with Gasteiger partial charge < -0.3 is 9.84 Å². The molecule has 2 heterocycles. The van der Waals surface area contributed by atoms with Crippen LogP contribution < -0.4 is 15.6 Å². The summed E-state index contributed by atoms with van der Waals surface area (Å²) in [5.41, 5.74) is 1.37. The van der Waals surface area contributed by atoms with Crippen molar-refractivity contribution < 1.29 is 17.7 Å². The quantitative estimate of drug-likeness (QED) is 0.218. The highest BCUT2D eigenvalue weighted by Gasteiger charge is 2.17. The van der Waals surface area contributed by atoms with E-state index in [4.69, 9.17) is 4.52 Å². The minimum atomic E-state index is -3.87. The van der Waals surface area contributed by atoms with Gasteiger partial charge in [-0.25, -0.2) is 13.4 Å². The van der Waals surface area contributed by atoms with E-state index in [1.807, 2.05) is 18.2 Å². The molecule has 0 bridgehead atoms. The predicted molar refractivity (Wildman–Crippen MR) is 145 cm³/mol. The first-order chi connectivity index (χ1) is 18.3. The number of sulfonamides is 1. The van der Waals surface area contributed by atoms with E-state index < -0.39 is 10.0 Å². The zero-order valence-corrected chi connectivity index (χ0v) is 21.6. The molecule has 0 aliphatic rings. The van der Waals surface area contributed by atoms with Gasteiger partial charge in [-0.2, -0.15) is 0 Å². The molecule has 0 atom stereocenters. The lowest BCUT2D eigenvalue weighted by atomic mass is 10.2. The lowest BCUT2D eigenvalue weighted by Crippen LogP contribution is -2.23. The molecule has 12 heteroatoms. The second-order valence-corrected chi connectivity index (χ2v) is 10.8. The Balaban J connectivity index is 1.31. The molecule has 0 aliphatic carbocycles. The Bertz CT molecular complexity index is 1780. The van der Waals surface area contributed by atoms with E-state index in [0.29, 0.717) is 33.2 Å². The number of anilines is 2. The molecule has 2 aromatic heterocycles. The van der Waals surface area contributed by atoms with Crippen LogP contribution in [0, 0.1) is 6.92 Å². The highest BCUT2D eigenvalue weighted by molar-refractivity contribution is 7.99. The van der Waals surface area contributed by atoms with Crippen LogP contribution in [0.25, 0.3) is 16.6 Å². The fraction of sp³-hybridized carbons (Fsp3) is 0.0769. The van der Waals surface area contributed by atoms with Crippen LogP contribution in [0.5, 0.6) is 0 Å². The first kappa shape index (κ1) is 25.2. The van der Waals surface area contributed by atoms with Crippen molar-refractivity contribution in [2.75, 3.05) is 15.8 Å². The molecule has 0 aliphatic heterocycles. The number of benzene rings is 3. The molecule has 0 fully saturated rings. The molecular formula is C26H21N5O5S2. The lowest BCUT2D eigenvalue weighted by molar-refractivity contribution is -0.113. The molecule has 1 amide bonds. The van der Waals surface area contributed by atoms with E-state index in [2.05, 4.69) is 20.2 Å². The maximum absolute atomic E-state index is 13.3. The SMILES string of the molecule is Cc1cc(NS(=O)(=O)c2ccc(NC(=O)CSc3nc4ccccc4c(=O)n3-c3ccccc3)cc2)no1. The van der Waals surface area contributed by atoms with E-state index in [0.717, 1.165) is 11.8 Å². The van der Waals surface area contributed by atoms with Gasteiger partial charge in [0.05, 0.1) is 27.2 Å². The van der Waals surface area contributed by atoms with Crippen molar-refractivity contribution in [3.05, 3.63) is 101 Å². The van der Waals surface area contributed by atoms with Crippen LogP contribution in [-0.4, -0.2) is 34.8 Å². The summed E-state index contributed by atoms with van der Waals surface area (Å²) in [5.74, 6) is 0.181. The van der Waals surface area contributed by atoms with Crippen LogP contribution in [0.15, 0.2) is 104 Å². The molecule has 5 rings (SSSR count). The van der Waals surface area contributed by atoms with E-state index >= 15 is 0 Å². The summed E-state index contributed by atoms with van der Waals surface area (Å²) in [6, 6.07) is 23.3. The summed E-state index contributed by atoms with van der Waals surface area (Å²) in [7, 11) is -3.87. The number of aromatic nitrogens is 3. The third kappa shape index (κ3) is 5.45.